The van der Waals surface area contributed by atoms with E-state index in [1.165, 1.54) is 11.1 Å². The number of azo groups is 1. The van der Waals surface area contributed by atoms with Gasteiger partial charge in [-0.1, -0.05) is 35.4 Å². The molecule has 0 spiro atoms. The van der Waals surface area contributed by atoms with Crippen LogP contribution in [0.2, 0.25) is 0 Å². The number of anilines is 1. The lowest BCUT2D eigenvalue weighted by molar-refractivity contribution is 0.894. The number of hydrazone groups is 1. The molecule has 107 valence electrons. The standard InChI is InChI=1S/C17H19N4/c1-4-21(17-11-7-15(3)8-12-17)19-13-18-20-16-9-5-14(2)6-10-16/h5-12H,4H2,1-3H3. The first-order chi connectivity index (χ1) is 10.2. The number of aryl methyl sites for hydroxylation is 2. The van der Waals surface area contributed by atoms with Crippen LogP contribution in [0.3, 0.4) is 0 Å². The summed E-state index contributed by atoms with van der Waals surface area (Å²) in [6.45, 7) is 6.87. The summed E-state index contributed by atoms with van der Waals surface area (Å²) in [6, 6.07) is 16.0. The van der Waals surface area contributed by atoms with E-state index >= 15 is 0 Å². The second-order valence-corrected chi connectivity index (χ2v) is 4.79. The van der Waals surface area contributed by atoms with Crippen molar-refractivity contribution in [1.82, 2.24) is 0 Å². The van der Waals surface area contributed by atoms with Gasteiger partial charge in [0.05, 0.1) is 11.4 Å². The van der Waals surface area contributed by atoms with Crippen molar-refractivity contribution in [2.45, 2.75) is 20.8 Å². The Balaban J connectivity index is 2.01. The van der Waals surface area contributed by atoms with Gasteiger partial charge in [0.25, 0.3) is 0 Å². The molecule has 0 aliphatic heterocycles. The molecule has 21 heavy (non-hydrogen) atoms. The van der Waals surface area contributed by atoms with Crippen molar-refractivity contribution in [3.8, 4) is 0 Å². The van der Waals surface area contributed by atoms with Gasteiger partial charge < -0.3 is 0 Å². The third kappa shape index (κ3) is 4.53. The maximum absolute atomic E-state index is 4.20. The van der Waals surface area contributed by atoms with Gasteiger partial charge in [-0.25, -0.2) is 0 Å². The molecule has 2 aromatic rings. The lowest BCUT2D eigenvalue weighted by Crippen LogP contribution is -2.14. The van der Waals surface area contributed by atoms with Gasteiger partial charge >= 0.3 is 0 Å². The Morgan fingerprint density at radius 3 is 2.05 bits per heavy atom. The second kappa shape index (κ2) is 7.33. The summed E-state index contributed by atoms with van der Waals surface area (Å²) in [4.78, 5) is 0. The van der Waals surface area contributed by atoms with Crippen LogP contribution < -0.4 is 5.01 Å². The van der Waals surface area contributed by atoms with Crippen LogP contribution in [0.1, 0.15) is 18.1 Å². The Kier molecular flexibility index (Phi) is 5.21. The molecule has 0 atom stereocenters. The molecule has 0 fully saturated rings. The van der Waals surface area contributed by atoms with Gasteiger partial charge in [0.1, 0.15) is 0 Å². The molecule has 0 aliphatic carbocycles. The van der Waals surface area contributed by atoms with Gasteiger partial charge in [-0.15, -0.1) is 15.3 Å². The highest BCUT2D eigenvalue weighted by molar-refractivity contribution is 5.59. The van der Waals surface area contributed by atoms with Crippen LogP contribution in [0.4, 0.5) is 11.4 Å². The van der Waals surface area contributed by atoms with Crippen molar-refractivity contribution in [2.75, 3.05) is 11.6 Å². The van der Waals surface area contributed by atoms with Crippen molar-refractivity contribution < 1.29 is 0 Å². The third-order valence-electron chi connectivity index (χ3n) is 3.04. The highest BCUT2D eigenvalue weighted by Crippen LogP contribution is 2.15. The average molecular weight is 279 g/mol. The molecule has 2 aromatic carbocycles. The zero-order chi connectivity index (χ0) is 15.1. The maximum atomic E-state index is 4.20. The van der Waals surface area contributed by atoms with E-state index in [9.17, 15) is 0 Å². The zero-order valence-electron chi connectivity index (χ0n) is 12.6. The molecule has 0 amide bonds. The summed E-state index contributed by atoms with van der Waals surface area (Å²) in [5.41, 5.74) is 4.23. The maximum Gasteiger partial charge on any atom is 0.242 e. The molecule has 0 N–H and O–H groups in total. The second-order valence-electron chi connectivity index (χ2n) is 4.79. The van der Waals surface area contributed by atoms with Crippen LogP contribution in [0, 0.1) is 13.8 Å². The van der Waals surface area contributed by atoms with E-state index in [2.05, 4.69) is 40.7 Å². The molecule has 0 aromatic heterocycles. The number of benzene rings is 2. The van der Waals surface area contributed by atoms with Crippen molar-refractivity contribution in [3.05, 3.63) is 59.7 Å². The number of rotatable bonds is 5. The predicted octanol–water partition coefficient (Wildman–Crippen LogP) is 4.73. The largest absolute Gasteiger partial charge is 0.264 e. The minimum absolute atomic E-state index is 0.746. The van der Waals surface area contributed by atoms with Crippen LogP contribution in [0.25, 0.3) is 0 Å². The summed E-state index contributed by atoms with van der Waals surface area (Å²) in [6.07, 6.45) is 2.62. The molecule has 0 saturated carbocycles. The zero-order valence-corrected chi connectivity index (χ0v) is 12.6. The summed E-state index contributed by atoms with van der Waals surface area (Å²) in [5, 5.41) is 13.9. The first kappa shape index (κ1) is 14.9. The fraction of sp³-hybridized carbons (Fsp3) is 0.235. The number of hydrogen-bond acceptors (Lipinski definition) is 3. The summed E-state index contributed by atoms with van der Waals surface area (Å²) < 4.78 is 0. The molecule has 0 unspecified atom stereocenters. The molecule has 4 nitrogen and oxygen atoms in total. The Morgan fingerprint density at radius 2 is 1.48 bits per heavy atom. The summed E-state index contributed by atoms with van der Waals surface area (Å²) >= 11 is 0. The van der Waals surface area contributed by atoms with Crippen molar-refractivity contribution in [1.29, 1.82) is 0 Å². The first-order valence-electron chi connectivity index (χ1n) is 6.96. The molecular weight excluding hydrogens is 260 g/mol. The molecule has 2 rings (SSSR count). The van der Waals surface area contributed by atoms with E-state index in [-0.39, 0.29) is 0 Å². The predicted molar refractivity (Wildman–Crippen MR) is 87.3 cm³/mol. The number of nitrogens with zero attached hydrogens (tertiary/aromatic N) is 4. The Hall–Kier alpha value is -2.49. The van der Waals surface area contributed by atoms with Crippen LogP contribution >= 0.6 is 0 Å². The van der Waals surface area contributed by atoms with Gasteiger partial charge in [0.15, 0.2) is 0 Å². The van der Waals surface area contributed by atoms with Crippen molar-refractivity contribution >= 4 is 17.7 Å². The molecular formula is C17H19N4. The highest BCUT2D eigenvalue weighted by atomic mass is 15.5. The Morgan fingerprint density at radius 1 is 0.905 bits per heavy atom. The van der Waals surface area contributed by atoms with Crippen LogP contribution in [0.15, 0.2) is 63.9 Å². The van der Waals surface area contributed by atoms with Gasteiger partial charge in [-0.2, -0.15) is 0 Å². The van der Waals surface area contributed by atoms with E-state index in [4.69, 9.17) is 0 Å². The molecule has 1 radical (unpaired) electrons. The average Bonchev–Trinajstić information content (AvgIpc) is 2.50. The minimum atomic E-state index is 0.746. The van der Waals surface area contributed by atoms with Crippen molar-refractivity contribution in [3.63, 3.8) is 0 Å². The topological polar surface area (TPSA) is 40.3 Å². The summed E-state index contributed by atoms with van der Waals surface area (Å²) in [7, 11) is 0. The first-order valence-corrected chi connectivity index (χ1v) is 6.96. The van der Waals surface area contributed by atoms with Crippen molar-refractivity contribution in [2.24, 2.45) is 15.3 Å². The van der Waals surface area contributed by atoms with E-state index in [1.807, 2.05) is 55.3 Å². The quantitative estimate of drug-likeness (QED) is 0.337. The lowest BCUT2D eigenvalue weighted by Gasteiger charge is -2.15. The van der Waals surface area contributed by atoms with E-state index < -0.39 is 0 Å². The Labute approximate surface area is 125 Å². The Bertz CT molecular complexity index is 612. The van der Waals surface area contributed by atoms with Crippen LogP contribution in [-0.4, -0.2) is 12.9 Å². The summed E-state index contributed by atoms with van der Waals surface area (Å²) in [5.74, 6) is 0. The molecule has 0 heterocycles. The molecule has 0 aliphatic rings. The monoisotopic (exact) mass is 279 g/mol. The fourth-order valence-electron chi connectivity index (χ4n) is 1.79. The van der Waals surface area contributed by atoms with E-state index in [1.54, 1.807) is 0 Å². The molecule has 4 heteroatoms. The van der Waals surface area contributed by atoms with E-state index in [0.717, 1.165) is 17.9 Å². The SMILES string of the molecule is CCN(N=[C]N=Nc1ccc(C)cc1)c1ccc(C)cc1. The molecule has 0 saturated heterocycles. The fourth-order valence-corrected chi connectivity index (χ4v) is 1.79. The van der Waals surface area contributed by atoms with Gasteiger partial charge in [0, 0.05) is 6.54 Å². The smallest absolute Gasteiger partial charge is 0.242 e. The highest BCUT2D eigenvalue weighted by Gasteiger charge is 2.00. The van der Waals surface area contributed by atoms with Gasteiger partial charge in [-0.3, -0.25) is 5.01 Å². The normalized spacial score (nSPS) is 11.4. The van der Waals surface area contributed by atoms with Gasteiger partial charge in [-0.05, 0) is 45.0 Å². The van der Waals surface area contributed by atoms with Crippen LogP contribution in [-0.2, 0) is 0 Å². The minimum Gasteiger partial charge on any atom is -0.264 e. The molecule has 0 bridgehead atoms. The third-order valence-corrected chi connectivity index (χ3v) is 3.04. The van der Waals surface area contributed by atoms with E-state index in [0.29, 0.717) is 0 Å². The lowest BCUT2D eigenvalue weighted by atomic mass is 10.2. The van der Waals surface area contributed by atoms with Crippen LogP contribution in [0.5, 0.6) is 0 Å². The van der Waals surface area contributed by atoms with Gasteiger partial charge in [0.2, 0.25) is 6.34 Å². The number of hydrogen-bond donors (Lipinski definition) is 0.